The van der Waals surface area contributed by atoms with E-state index in [1.165, 1.54) is 17.4 Å². The van der Waals surface area contributed by atoms with Crippen molar-refractivity contribution in [2.75, 3.05) is 33.4 Å². The van der Waals surface area contributed by atoms with Crippen LogP contribution in [0.25, 0.3) is 5.69 Å². The molecule has 184 valence electrons. The third-order valence-corrected chi connectivity index (χ3v) is 6.39. The van der Waals surface area contributed by atoms with Crippen LogP contribution in [0.4, 0.5) is 0 Å². The third kappa shape index (κ3) is 5.90. The zero-order valence-electron chi connectivity index (χ0n) is 19.9. The molecule has 8 nitrogen and oxygen atoms in total. The van der Waals surface area contributed by atoms with Gasteiger partial charge in [0.2, 0.25) is 0 Å². The Hall–Kier alpha value is -3.20. The van der Waals surface area contributed by atoms with Gasteiger partial charge in [-0.1, -0.05) is 48.0 Å². The summed E-state index contributed by atoms with van der Waals surface area (Å²) in [5, 5.41) is 3.45. The SMILES string of the molecule is COC(=O)Cc1[nH]n(-c2ccccc2Cl)c(=O)c1C(C)=NCc1ccccc1CN1CCOCC1. The summed E-state index contributed by atoms with van der Waals surface area (Å²) in [7, 11) is 1.32. The molecule has 1 aliphatic rings. The number of H-pyrrole nitrogens is 1. The molecule has 1 aromatic heterocycles. The molecule has 4 rings (SSSR count). The van der Waals surface area contributed by atoms with Gasteiger partial charge in [-0.15, -0.1) is 0 Å². The van der Waals surface area contributed by atoms with Crippen LogP contribution in [0, 0.1) is 0 Å². The van der Waals surface area contributed by atoms with Crippen LogP contribution >= 0.6 is 11.6 Å². The summed E-state index contributed by atoms with van der Waals surface area (Å²) < 4.78 is 11.6. The number of esters is 1. The van der Waals surface area contributed by atoms with Gasteiger partial charge in [-0.3, -0.25) is 24.6 Å². The van der Waals surface area contributed by atoms with Gasteiger partial charge in [-0.25, -0.2) is 4.68 Å². The Balaban J connectivity index is 1.65. The Morgan fingerprint density at radius 1 is 1.11 bits per heavy atom. The molecule has 1 fully saturated rings. The molecule has 0 bridgehead atoms. The number of benzene rings is 2. The summed E-state index contributed by atoms with van der Waals surface area (Å²) in [4.78, 5) is 32.6. The second-order valence-electron chi connectivity index (χ2n) is 8.37. The number of rotatable bonds is 8. The fraction of sp³-hybridized carbons (Fsp3) is 0.346. The third-order valence-electron chi connectivity index (χ3n) is 6.07. The van der Waals surface area contributed by atoms with Crippen molar-refractivity contribution in [2.24, 2.45) is 4.99 Å². The second-order valence-corrected chi connectivity index (χ2v) is 8.78. The standard InChI is InChI=1S/C26H29ClN4O4/c1-18(28-16-19-7-3-4-8-20(19)17-30-11-13-35-14-12-30)25-22(15-24(32)34-2)29-31(26(25)33)23-10-6-5-9-21(23)27/h3-10,29H,11-17H2,1-2H3. The first-order chi connectivity index (χ1) is 17.0. The maximum absolute atomic E-state index is 13.4. The minimum Gasteiger partial charge on any atom is -0.469 e. The normalized spacial score (nSPS) is 14.8. The summed E-state index contributed by atoms with van der Waals surface area (Å²) in [6.07, 6.45) is -0.0843. The van der Waals surface area contributed by atoms with E-state index in [0.717, 1.165) is 38.4 Å². The van der Waals surface area contributed by atoms with Gasteiger partial charge in [0.1, 0.15) is 0 Å². The van der Waals surface area contributed by atoms with E-state index in [4.69, 9.17) is 26.1 Å². The average molecular weight is 497 g/mol. The lowest BCUT2D eigenvalue weighted by Gasteiger charge is -2.27. The van der Waals surface area contributed by atoms with Gasteiger partial charge in [0, 0.05) is 25.3 Å². The summed E-state index contributed by atoms with van der Waals surface area (Å²) in [5.41, 5.74) is 3.79. The Bertz CT molecular complexity index is 1270. The Kier molecular flexibility index (Phi) is 8.17. The van der Waals surface area contributed by atoms with Crippen LogP contribution in [0.5, 0.6) is 0 Å². The van der Waals surface area contributed by atoms with Crippen molar-refractivity contribution < 1.29 is 14.3 Å². The molecule has 1 N–H and O–H groups in total. The molecule has 1 saturated heterocycles. The lowest BCUT2D eigenvalue weighted by Crippen LogP contribution is -2.35. The number of halogens is 1. The maximum Gasteiger partial charge on any atom is 0.311 e. The van der Waals surface area contributed by atoms with Crippen molar-refractivity contribution >= 4 is 23.3 Å². The van der Waals surface area contributed by atoms with Crippen LogP contribution in [0.15, 0.2) is 58.3 Å². The lowest BCUT2D eigenvalue weighted by atomic mass is 10.1. The minimum atomic E-state index is -0.456. The number of ether oxygens (including phenoxy) is 2. The topological polar surface area (TPSA) is 88.9 Å². The molecule has 0 spiro atoms. The second kappa shape index (κ2) is 11.5. The lowest BCUT2D eigenvalue weighted by molar-refractivity contribution is -0.139. The molecule has 3 aromatic rings. The molecule has 0 radical (unpaired) electrons. The fourth-order valence-electron chi connectivity index (χ4n) is 4.15. The highest BCUT2D eigenvalue weighted by Gasteiger charge is 2.21. The Morgan fingerprint density at radius 3 is 2.51 bits per heavy atom. The van der Waals surface area contributed by atoms with Crippen molar-refractivity contribution in [2.45, 2.75) is 26.4 Å². The van der Waals surface area contributed by atoms with E-state index in [2.05, 4.69) is 22.1 Å². The molecular weight excluding hydrogens is 468 g/mol. The van der Waals surface area contributed by atoms with Crippen molar-refractivity contribution in [1.82, 2.24) is 14.7 Å². The predicted molar refractivity (Wildman–Crippen MR) is 136 cm³/mol. The highest BCUT2D eigenvalue weighted by atomic mass is 35.5. The molecule has 2 aromatic carbocycles. The van der Waals surface area contributed by atoms with Gasteiger partial charge in [0.25, 0.3) is 5.56 Å². The van der Waals surface area contributed by atoms with Gasteiger partial charge in [0.15, 0.2) is 0 Å². The van der Waals surface area contributed by atoms with Crippen molar-refractivity contribution in [3.63, 3.8) is 0 Å². The van der Waals surface area contributed by atoms with Gasteiger partial charge < -0.3 is 9.47 Å². The number of hydrogen-bond acceptors (Lipinski definition) is 6. The van der Waals surface area contributed by atoms with Crippen molar-refractivity contribution in [3.8, 4) is 5.69 Å². The quantitative estimate of drug-likeness (QED) is 0.381. The Morgan fingerprint density at radius 2 is 1.80 bits per heavy atom. The average Bonchev–Trinajstić information content (AvgIpc) is 3.19. The number of aromatic amines is 1. The molecular formula is C26H29ClN4O4. The summed E-state index contributed by atoms with van der Waals surface area (Å²) in [6.45, 7) is 6.32. The number of carbonyl (C=O) groups excluding carboxylic acids is 1. The molecule has 35 heavy (non-hydrogen) atoms. The van der Waals surface area contributed by atoms with E-state index >= 15 is 0 Å². The number of carbonyl (C=O) groups is 1. The van der Waals surface area contributed by atoms with E-state index < -0.39 is 5.97 Å². The maximum atomic E-state index is 13.4. The molecule has 0 atom stereocenters. The number of nitrogens with one attached hydrogen (secondary N) is 1. The van der Waals surface area contributed by atoms with E-state index in [1.54, 1.807) is 31.2 Å². The van der Waals surface area contributed by atoms with Gasteiger partial charge in [0.05, 0.1) is 55.3 Å². The highest BCUT2D eigenvalue weighted by Crippen LogP contribution is 2.20. The number of para-hydroxylation sites is 1. The number of methoxy groups -OCH3 is 1. The largest absolute Gasteiger partial charge is 0.469 e. The summed E-state index contributed by atoms with van der Waals surface area (Å²) in [5.74, 6) is -0.456. The first-order valence-corrected chi connectivity index (χ1v) is 11.9. The van der Waals surface area contributed by atoms with Crippen molar-refractivity contribution in [1.29, 1.82) is 0 Å². The number of nitrogens with zero attached hydrogens (tertiary/aromatic N) is 3. The van der Waals surface area contributed by atoms with Crippen LogP contribution in [0.3, 0.4) is 0 Å². The van der Waals surface area contributed by atoms with Gasteiger partial charge >= 0.3 is 5.97 Å². The van der Waals surface area contributed by atoms with Crippen LogP contribution in [0.1, 0.15) is 29.3 Å². The Labute approximate surface area is 209 Å². The molecule has 0 unspecified atom stereocenters. The zero-order valence-corrected chi connectivity index (χ0v) is 20.7. The number of aromatic nitrogens is 2. The zero-order chi connectivity index (χ0) is 24.8. The first-order valence-electron chi connectivity index (χ1n) is 11.5. The van der Waals surface area contributed by atoms with E-state index in [0.29, 0.717) is 34.2 Å². The number of morpholine rings is 1. The predicted octanol–water partition coefficient (Wildman–Crippen LogP) is 3.38. The van der Waals surface area contributed by atoms with Gasteiger partial charge in [-0.2, -0.15) is 0 Å². The molecule has 0 amide bonds. The van der Waals surface area contributed by atoms with Crippen LogP contribution in [0.2, 0.25) is 5.02 Å². The van der Waals surface area contributed by atoms with E-state index in [-0.39, 0.29) is 12.0 Å². The summed E-state index contributed by atoms with van der Waals surface area (Å²) in [6, 6.07) is 15.2. The molecule has 0 aliphatic carbocycles. The van der Waals surface area contributed by atoms with E-state index in [1.807, 2.05) is 12.1 Å². The number of aliphatic imine (C=N–C) groups is 1. The van der Waals surface area contributed by atoms with Crippen LogP contribution in [-0.2, 0) is 33.8 Å². The molecule has 0 saturated carbocycles. The fourth-order valence-corrected chi connectivity index (χ4v) is 4.37. The first kappa shape index (κ1) is 24.9. The smallest absolute Gasteiger partial charge is 0.311 e. The van der Waals surface area contributed by atoms with Crippen LogP contribution in [-0.4, -0.2) is 59.8 Å². The number of hydrogen-bond donors (Lipinski definition) is 1. The molecule has 1 aliphatic heterocycles. The van der Waals surface area contributed by atoms with Crippen molar-refractivity contribution in [3.05, 3.63) is 86.3 Å². The summed E-state index contributed by atoms with van der Waals surface area (Å²) >= 11 is 6.33. The van der Waals surface area contributed by atoms with E-state index in [9.17, 15) is 9.59 Å². The van der Waals surface area contributed by atoms with Crippen LogP contribution < -0.4 is 5.56 Å². The monoisotopic (exact) mass is 496 g/mol. The molecule has 9 heteroatoms. The minimum absolute atomic E-state index is 0.0843. The highest BCUT2D eigenvalue weighted by molar-refractivity contribution is 6.32. The molecule has 2 heterocycles. The van der Waals surface area contributed by atoms with Gasteiger partial charge in [-0.05, 0) is 30.2 Å².